The molecule has 1 aromatic carbocycles. The minimum atomic E-state index is -0.464. The van der Waals surface area contributed by atoms with Crippen LogP contribution in [0.2, 0.25) is 0 Å². The molecular formula is C21H24ClN3O4. The van der Waals surface area contributed by atoms with Crippen LogP contribution in [0.5, 0.6) is 11.5 Å². The van der Waals surface area contributed by atoms with Crippen LogP contribution in [-0.4, -0.2) is 36.3 Å². The summed E-state index contributed by atoms with van der Waals surface area (Å²) >= 11 is 0. The molecule has 0 saturated heterocycles. The van der Waals surface area contributed by atoms with Crippen molar-refractivity contribution >= 4 is 40.8 Å². The normalized spacial score (nSPS) is 10.4. The van der Waals surface area contributed by atoms with Crippen molar-refractivity contribution < 1.29 is 19.0 Å². The maximum Gasteiger partial charge on any atom is 0.342 e. The van der Waals surface area contributed by atoms with Crippen molar-refractivity contribution in [3.63, 3.8) is 0 Å². The van der Waals surface area contributed by atoms with Crippen molar-refractivity contribution in [3.8, 4) is 11.5 Å². The van der Waals surface area contributed by atoms with E-state index in [0.29, 0.717) is 39.5 Å². The maximum absolute atomic E-state index is 12.7. The predicted molar refractivity (Wildman–Crippen MR) is 115 cm³/mol. The number of nitrogens with zero attached hydrogens (tertiary/aromatic N) is 2. The molecule has 0 radical (unpaired) electrons. The van der Waals surface area contributed by atoms with Gasteiger partial charge in [-0.05, 0) is 45.0 Å². The van der Waals surface area contributed by atoms with Gasteiger partial charge in [0, 0.05) is 23.3 Å². The van der Waals surface area contributed by atoms with E-state index in [4.69, 9.17) is 14.2 Å². The summed E-state index contributed by atoms with van der Waals surface area (Å²) < 4.78 is 16.2. The first-order valence-corrected chi connectivity index (χ1v) is 8.89. The van der Waals surface area contributed by atoms with E-state index >= 15 is 0 Å². The van der Waals surface area contributed by atoms with Crippen LogP contribution in [0.3, 0.4) is 0 Å². The number of esters is 1. The van der Waals surface area contributed by atoms with E-state index in [9.17, 15) is 4.79 Å². The fourth-order valence-electron chi connectivity index (χ4n) is 2.79. The smallest absolute Gasteiger partial charge is 0.342 e. The van der Waals surface area contributed by atoms with Gasteiger partial charge in [-0.2, -0.15) is 0 Å². The highest BCUT2D eigenvalue weighted by Gasteiger charge is 2.20. The number of aryl methyl sites for hydroxylation is 1. The third kappa shape index (κ3) is 4.86. The molecule has 0 saturated carbocycles. The molecule has 0 aliphatic heterocycles. The van der Waals surface area contributed by atoms with Crippen molar-refractivity contribution in [3.05, 3.63) is 47.8 Å². The van der Waals surface area contributed by atoms with Crippen molar-refractivity contribution in [2.45, 2.75) is 26.9 Å². The first-order chi connectivity index (χ1) is 13.4. The molecule has 7 nitrogen and oxygen atoms in total. The molecule has 0 atom stereocenters. The molecule has 0 amide bonds. The van der Waals surface area contributed by atoms with Gasteiger partial charge in [-0.25, -0.2) is 14.8 Å². The van der Waals surface area contributed by atoms with E-state index in [0.717, 1.165) is 5.69 Å². The van der Waals surface area contributed by atoms with Gasteiger partial charge in [-0.1, -0.05) is 0 Å². The summed E-state index contributed by atoms with van der Waals surface area (Å²) in [4.78, 5) is 21.5. The van der Waals surface area contributed by atoms with E-state index in [1.54, 1.807) is 46.3 Å². The van der Waals surface area contributed by atoms with Gasteiger partial charge in [0.15, 0.2) is 5.65 Å². The van der Waals surface area contributed by atoms with Crippen molar-refractivity contribution in [2.75, 3.05) is 19.5 Å². The summed E-state index contributed by atoms with van der Waals surface area (Å²) in [6.45, 7) is 5.49. The third-order valence-electron chi connectivity index (χ3n) is 4.10. The van der Waals surface area contributed by atoms with Gasteiger partial charge in [0.05, 0.1) is 31.7 Å². The average Bonchev–Trinajstić information content (AvgIpc) is 2.67. The van der Waals surface area contributed by atoms with Crippen molar-refractivity contribution in [1.29, 1.82) is 0 Å². The fraction of sp³-hybridized carbons (Fsp3) is 0.286. The number of aromatic nitrogens is 2. The minimum absolute atomic E-state index is 0. The average molecular weight is 418 g/mol. The fourth-order valence-corrected chi connectivity index (χ4v) is 2.79. The van der Waals surface area contributed by atoms with E-state index < -0.39 is 5.97 Å². The number of carbonyl (C=O) groups is 1. The second-order valence-electron chi connectivity index (χ2n) is 6.52. The number of ether oxygens (including phenoxy) is 3. The Hall–Kier alpha value is -3.06. The quantitative estimate of drug-likeness (QED) is 0.582. The Morgan fingerprint density at radius 1 is 1.10 bits per heavy atom. The van der Waals surface area contributed by atoms with Gasteiger partial charge in [-0.15, -0.1) is 12.4 Å². The Kier molecular flexibility index (Phi) is 7.23. The Morgan fingerprint density at radius 3 is 2.52 bits per heavy atom. The number of nitrogens with one attached hydrogen (secondary N) is 1. The topological polar surface area (TPSA) is 82.6 Å². The predicted octanol–water partition coefficient (Wildman–Crippen LogP) is 4.69. The highest BCUT2D eigenvalue weighted by Crippen LogP contribution is 2.35. The molecule has 2 aromatic heterocycles. The lowest BCUT2D eigenvalue weighted by atomic mass is 10.1. The number of fused-ring (bicyclic) bond motifs is 1. The first-order valence-electron chi connectivity index (χ1n) is 8.89. The Morgan fingerprint density at radius 2 is 1.86 bits per heavy atom. The second-order valence-corrected chi connectivity index (χ2v) is 6.52. The maximum atomic E-state index is 12.7. The van der Waals surface area contributed by atoms with Crippen LogP contribution in [0, 0.1) is 6.92 Å². The zero-order valence-electron chi connectivity index (χ0n) is 17.0. The number of halogens is 1. The van der Waals surface area contributed by atoms with Gasteiger partial charge in [0.2, 0.25) is 0 Å². The van der Waals surface area contributed by atoms with E-state index in [1.807, 2.05) is 19.1 Å². The minimum Gasteiger partial charge on any atom is -0.497 e. The number of hydrogen-bond donors (Lipinski definition) is 1. The molecule has 0 aliphatic carbocycles. The molecule has 0 spiro atoms. The monoisotopic (exact) mass is 417 g/mol. The molecule has 154 valence electrons. The summed E-state index contributed by atoms with van der Waals surface area (Å²) in [6.07, 6.45) is 1.23. The molecule has 8 heteroatoms. The zero-order valence-corrected chi connectivity index (χ0v) is 17.8. The number of benzene rings is 1. The van der Waals surface area contributed by atoms with Crippen LogP contribution in [-0.2, 0) is 4.74 Å². The van der Waals surface area contributed by atoms with E-state index in [1.165, 1.54) is 6.20 Å². The highest BCUT2D eigenvalue weighted by molar-refractivity contribution is 6.05. The molecule has 0 bridgehead atoms. The van der Waals surface area contributed by atoms with E-state index in [2.05, 4.69) is 15.3 Å². The molecule has 2 heterocycles. The second kappa shape index (κ2) is 9.43. The van der Waals surface area contributed by atoms with Crippen LogP contribution in [0.1, 0.15) is 29.9 Å². The SMILES string of the molecule is COc1ccc(OC)c(Nc2c(C(=O)OC(C)C)cnc3nc(C)ccc23)c1.Cl. The number of methoxy groups -OCH3 is 2. The van der Waals surface area contributed by atoms with Crippen LogP contribution >= 0.6 is 12.4 Å². The Bertz CT molecular complexity index is 1020. The number of anilines is 2. The van der Waals surface area contributed by atoms with Gasteiger partial charge in [-0.3, -0.25) is 0 Å². The number of hydrogen-bond acceptors (Lipinski definition) is 7. The van der Waals surface area contributed by atoms with Gasteiger partial charge in [0.1, 0.15) is 17.1 Å². The summed E-state index contributed by atoms with van der Waals surface area (Å²) in [5.41, 5.74) is 2.88. The summed E-state index contributed by atoms with van der Waals surface area (Å²) in [5.74, 6) is 0.797. The van der Waals surface area contributed by atoms with Crippen LogP contribution < -0.4 is 14.8 Å². The van der Waals surface area contributed by atoms with Crippen molar-refractivity contribution in [1.82, 2.24) is 9.97 Å². The number of rotatable bonds is 6. The number of carbonyl (C=O) groups excluding carboxylic acids is 1. The van der Waals surface area contributed by atoms with Crippen LogP contribution in [0.25, 0.3) is 11.0 Å². The zero-order chi connectivity index (χ0) is 20.3. The molecule has 0 fully saturated rings. The van der Waals surface area contributed by atoms with Crippen LogP contribution in [0.4, 0.5) is 11.4 Å². The summed E-state index contributed by atoms with van der Waals surface area (Å²) in [7, 11) is 3.17. The van der Waals surface area contributed by atoms with Gasteiger partial charge >= 0.3 is 5.97 Å². The summed E-state index contributed by atoms with van der Waals surface area (Å²) in [6, 6.07) is 9.14. The Balaban J connectivity index is 0.00000300. The Labute approximate surface area is 175 Å². The largest absolute Gasteiger partial charge is 0.497 e. The molecule has 0 aliphatic rings. The van der Waals surface area contributed by atoms with Crippen LogP contribution in [0.15, 0.2) is 36.5 Å². The highest BCUT2D eigenvalue weighted by atomic mass is 35.5. The molecule has 0 unspecified atom stereocenters. The standard InChI is InChI=1S/C21H23N3O4.ClH/c1-12(2)28-21(25)16-11-22-20-15(8-6-13(3)23-20)19(16)24-17-10-14(26-4)7-9-18(17)27-5;/h6-12H,1-5H3,(H,22,23,24);1H. The first kappa shape index (κ1) is 22.2. The van der Waals surface area contributed by atoms with Gasteiger partial charge in [0.25, 0.3) is 0 Å². The lowest BCUT2D eigenvalue weighted by molar-refractivity contribution is 0.0379. The van der Waals surface area contributed by atoms with Gasteiger partial charge < -0.3 is 19.5 Å². The lowest BCUT2D eigenvalue weighted by Crippen LogP contribution is -2.14. The third-order valence-corrected chi connectivity index (χ3v) is 4.10. The molecule has 29 heavy (non-hydrogen) atoms. The number of pyridine rings is 2. The van der Waals surface area contributed by atoms with E-state index in [-0.39, 0.29) is 18.5 Å². The molecule has 3 aromatic rings. The lowest BCUT2D eigenvalue weighted by Gasteiger charge is -2.17. The molecule has 1 N–H and O–H groups in total. The van der Waals surface area contributed by atoms with Crippen molar-refractivity contribution in [2.24, 2.45) is 0 Å². The summed E-state index contributed by atoms with van der Waals surface area (Å²) in [5, 5.41) is 4.00. The molecular weight excluding hydrogens is 394 g/mol. The molecule has 3 rings (SSSR count).